The number of hydrogen-bond donors (Lipinski definition) is 2. The van der Waals surface area contributed by atoms with Gasteiger partial charge in [0.25, 0.3) is 0 Å². The highest BCUT2D eigenvalue weighted by Crippen LogP contribution is 2.38. The summed E-state index contributed by atoms with van der Waals surface area (Å²) in [7, 11) is 3.16. The third kappa shape index (κ3) is 1.93. The molecule has 0 saturated carbocycles. The van der Waals surface area contributed by atoms with Gasteiger partial charge in [0.05, 0.1) is 14.2 Å². The third-order valence-corrected chi connectivity index (χ3v) is 2.97. The molecule has 0 bridgehead atoms. The first-order valence-corrected chi connectivity index (χ1v) is 5.44. The van der Waals surface area contributed by atoms with E-state index in [1.165, 1.54) is 0 Å². The Labute approximate surface area is 95.2 Å². The van der Waals surface area contributed by atoms with Crippen molar-refractivity contribution in [2.24, 2.45) is 0 Å². The molecule has 1 aliphatic heterocycles. The van der Waals surface area contributed by atoms with Crippen LogP contribution < -0.4 is 14.8 Å². The van der Waals surface area contributed by atoms with Gasteiger partial charge >= 0.3 is 0 Å². The molecule has 1 aromatic rings. The van der Waals surface area contributed by atoms with E-state index in [2.05, 4.69) is 5.32 Å². The first-order chi connectivity index (χ1) is 7.76. The number of phenols is 1. The van der Waals surface area contributed by atoms with Crippen LogP contribution in [-0.4, -0.2) is 25.9 Å². The van der Waals surface area contributed by atoms with Crippen molar-refractivity contribution in [3.05, 3.63) is 17.7 Å². The van der Waals surface area contributed by atoms with E-state index in [1.807, 2.05) is 6.07 Å². The topological polar surface area (TPSA) is 50.7 Å². The second-order valence-corrected chi connectivity index (χ2v) is 3.91. The fourth-order valence-electron chi connectivity index (χ4n) is 2.11. The molecule has 2 rings (SSSR count). The van der Waals surface area contributed by atoms with Crippen LogP contribution in [0.15, 0.2) is 12.1 Å². The van der Waals surface area contributed by atoms with Crippen LogP contribution in [0.4, 0.5) is 0 Å². The normalized spacial score (nSPS) is 19.8. The average molecular weight is 223 g/mol. The molecule has 1 fully saturated rings. The SMILES string of the molecule is COc1cc(O)c([C@H]2CCCN2)cc1OC. The Morgan fingerprint density at radius 1 is 1.25 bits per heavy atom. The Bertz CT molecular complexity index is 373. The lowest BCUT2D eigenvalue weighted by Gasteiger charge is -2.16. The summed E-state index contributed by atoms with van der Waals surface area (Å²) in [6.45, 7) is 0.998. The molecule has 1 saturated heterocycles. The van der Waals surface area contributed by atoms with Crippen molar-refractivity contribution in [2.45, 2.75) is 18.9 Å². The molecule has 0 amide bonds. The molecule has 4 nitrogen and oxygen atoms in total. The van der Waals surface area contributed by atoms with Gasteiger partial charge in [0.1, 0.15) is 5.75 Å². The number of rotatable bonds is 3. The van der Waals surface area contributed by atoms with Crippen LogP contribution >= 0.6 is 0 Å². The average Bonchev–Trinajstić information content (AvgIpc) is 2.82. The molecule has 88 valence electrons. The molecule has 2 N–H and O–H groups in total. The van der Waals surface area contributed by atoms with Gasteiger partial charge in [-0.2, -0.15) is 0 Å². The number of aromatic hydroxyl groups is 1. The van der Waals surface area contributed by atoms with Crippen molar-refractivity contribution >= 4 is 0 Å². The van der Waals surface area contributed by atoms with Crippen LogP contribution in [-0.2, 0) is 0 Å². The smallest absolute Gasteiger partial charge is 0.164 e. The molecule has 0 radical (unpaired) electrons. The number of ether oxygens (including phenoxy) is 2. The van der Waals surface area contributed by atoms with Gasteiger partial charge in [0.2, 0.25) is 0 Å². The Balaban J connectivity index is 2.37. The summed E-state index contributed by atoms with van der Waals surface area (Å²) >= 11 is 0. The van der Waals surface area contributed by atoms with E-state index < -0.39 is 0 Å². The number of benzene rings is 1. The van der Waals surface area contributed by atoms with E-state index in [-0.39, 0.29) is 11.8 Å². The Kier molecular flexibility index (Phi) is 3.19. The maximum absolute atomic E-state index is 9.93. The fraction of sp³-hybridized carbons (Fsp3) is 0.500. The van der Waals surface area contributed by atoms with Gasteiger partial charge in [-0.15, -0.1) is 0 Å². The zero-order valence-electron chi connectivity index (χ0n) is 9.62. The van der Waals surface area contributed by atoms with Gasteiger partial charge in [-0.25, -0.2) is 0 Å². The first-order valence-electron chi connectivity index (χ1n) is 5.44. The Hall–Kier alpha value is -1.42. The van der Waals surface area contributed by atoms with Crippen LogP contribution in [0, 0.1) is 0 Å². The Morgan fingerprint density at radius 3 is 2.50 bits per heavy atom. The molecule has 1 heterocycles. The molecule has 16 heavy (non-hydrogen) atoms. The van der Waals surface area contributed by atoms with Crippen LogP contribution in [0.3, 0.4) is 0 Å². The lowest BCUT2D eigenvalue weighted by atomic mass is 10.0. The minimum atomic E-state index is 0.222. The second-order valence-electron chi connectivity index (χ2n) is 3.91. The molecule has 0 aliphatic carbocycles. The van der Waals surface area contributed by atoms with E-state index in [0.29, 0.717) is 11.5 Å². The molecule has 1 aliphatic rings. The summed E-state index contributed by atoms with van der Waals surface area (Å²) in [4.78, 5) is 0. The number of phenolic OH excluding ortho intramolecular Hbond substituents is 1. The van der Waals surface area contributed by atoms with E-state index in [4.69, 9.17) is 9.47 Å². The van der Waals surface area contributed by atoms with E-state index in [0.717, 1.165) is 24.9 Å². The standard InChI is InChI=1S/C12H17NO3/c1-15-11-6-8(9-4-3-5-13-9)10(14)7-12(11)16-2/h6-7,9,13-14H,3-5H2,1-2H3/t9-/m1/s1. The molecule has 0 spiro atoms. The minimum Gasteiger partial charge on any atom is -0.507 e. The van der Waals surface area contributed by atoms with Crippen molar-refractivity contribution in [2.75, 3.05) is 20.8 Å². The van der Waals surface area contributed by atoms with Crippen molar-refractivity contribution in [1.82, 2.24) is 5.32 Å². The lowest BCUT2D eigenvalue weighted by Crippen LogP contribution is -2.13. The summed E-state index contributed by atoms with van der Waals surface area (Å²) in [5.41, 5.74) is 0.884. The molecule has 0 unspecified atom stereocenters. The molecule has 1 aromatic carbocycles. The fourth-order valence-corrected chi connectivity index (χ4v) is 2.11. The summed E-state index contributed by atoms with van der Waals surface area (Å²) in [6.07, 6.45) is 2.18. The highest BCUT2D eigenvalue weighted by molar-refractivity contribution is 5.51. The maximum Gasteiger partial charge on any atom is 0.164 e. The highest BCUT2D eigenvalue weighted by Gasteiger charge is 2.21. The van der Waals surface area contributed by atoms with Gasteiger partial charge in [-0.3, -0.25) is 0 Å². The molecular weight excluding hydrogens is 206 g/mol. The number of methoxy groups -OCH3 is 2. The zero-order chi connectivity index (χ0) is 11.5. The molecular formula is C12H17NO3. The van der Waals surface area contributed by atoms with Crippen LogP contribution in [0.25, 0.3) is 0 Å². The summed E-state index contributed by atoms with van der Waals surface area (Å²) in [5.74, 6) is 1.47. The summed E-state index contributed by atoms with van der Waals surface area (Å²) in [5, 5.41) is 13.3. The predicted molar refractivity (Wildman–Crippen MR) is 61.2 cm³/mol. The zero-order valence-corrected chi connectivity index (χ0v) is 9.62. The number of nitrogens with one attached hydrogen (secondary N) is 1. The van der Waals surface area contributed by atoms with Crippen molar-refractivity contribution in [3.8, 4) is 17.2 Å². The molecule has 4 heteroatoms. The largest absolute Gasteiger partial charge is 0.507 e. The molecule has 1 atom stereocenters. The van der Waals surface area contributed by atoms with Crippen molar-refractivity contribution in [1.29, 1.82) is 0 Å². The lowest BCUT2D eigenvalue weighted by molar-refractivity contribution is 0.349. The van der Waals surface area contributed by atoms with E-state index in [9.17, 15) is 5.11 Å². The quantitative estimate of drug-likeness (QED) is 0.821. The number of hydrogen-bond acceptors (Lipinski definition) is 4. The van der Waals surface area contributed by atoms with E-state index >= 15 is 0 Å². The predicted octanol–water partition coefficient (Wildman–Crippen LogP) is 1.83. The monoisotopic (exact) mass is 223 g/mol. The minimum absolute atomic E-state index is 0.222. The summed E-state index contributed by atoms with van der Waals surface area (Å²) in [6, 6.07) is 3.67. The summed E-state index contributed by atoms with van der Waals surface area (Å²) < 4.78 is 10.4. The van der Waals surface area contributed by atoms with Crippen molar-refractivity contribution in [3.63, 3.8) is 0 Å². The molecule has 0 aromatic heterocycles. The van der Waals surface area contributed by atoms with Gasteiger partial charge < -0.3 is 19.9 Å². The van der Waals surface area contributed by atoms with Crippen molar-refractivity contribution < 1.29 is 14.6 Å². The highest BCUT2D eigenvalue weighted by atomic mass is 16.5. The van der Waals surface area contributed by atoms with Gasteiger partial charge in [-0.05, 0) is 25.5 Å². The second kappa shape index (κ2) is 4.61. The van der Waals surface area contributed by atoms with Crippen LogP contribution in [0.5, 0.6) is 17.2 Å². The van der Waals surface area contributed by atoms with E-state index in [1.54, 1.807) is 20.3 Å². The van der Waals surface area contributed by atoms with Crippen LogP contribution in [0.1, 0.15) is 24.4 Å². The van der Waals surface area contributed by atoms with Gasteiger partial charge in [0.15, 0.2) is 11.5 Å². The van der Waals surface area contributed by atoms with Gasteiger partial charge in [0, 0.05) is 17.7 Å². The van der Waals surface area contributed by atoms with Crippen LogP contribution in [0.2, 0.25) is 0 Å². The van der Waals surface area contributed by atoms with Gasteiger partial charge in [-0.1, -0.05) is 0 Å². The Morgan fingerprint density at radius 2 is 1.94 bits per heavy atom. The first kappa shape index (κ1) is 11.1. The maximum atomic E-state index is 9.93. The third-order valence-electron chi connectivity index (χ3n) is 2.97.